The van der Waals surface area contributed by atoms with Crippen LogP contribution in [0.1, 0.15) is 18.4 Å². The highest BCUT2D eigenvalue weighted by Crippen LogP contribution is 2.32. The van der Waals surface area contributed by atoms with Gasteiger partial charge in [0, 0.05) is 32.7 Å². The van der Waals surface area contributed by atoms with Crippen LogP contribution in [0.5, 0.6) is 0 Å². The molecule has 0 saturated carbocycles. The van der Waals surface area contributed by atoms with Crippen molar-refractivity contribution in [3.63, 3.8) is 0 Å². The van der Waals surface area contributed by atoms with E-state index in [-0.39, 0.29) is 5.91 Å². The van der Waals surface area contributed by atoms with Gasteiger partial charge < -0.3 is 9.80 Å². The quantitative estimate of drug-likeness (QED) is 0.578. The van der Waals surface area contributed by atoms with E-state index in [0.29, 0.717) is 49.8 Å². The minimum atomic E-state index is -3.62. The minimum absolute atomic E-state index is 0.0718. The average Bonchev–Trinajstić information content (AvgIpc) is 3.54. The first-order valence-corrected chi connectivity index (χ1v) is 13.5. The van der Waals surface area contributed by atoms with Crippen LogP contribution < -0.4 is 4.90 Å². The van der Waals surface area contributed by atoms with E-state index in [4.69, 9.17) is 4.98 Å². The summed E-state index contributed by atoms with van der Waals surface area (Å²) in [7, 11) is -3.62. The van der Waals surface area contributed by atoms with Crippen LogP contribution in [0.25, 0.3) is 10.2 Å². The van der Waals surface area contributed by atoms with Crippen molar-refractivity contribution in [3.05, 3.63) is 41.3 Å². The summed E-state index contributed by atoms with van der Waals surface area (Å²) in [4.78, 5) is 22.1. The van der Waals surface area contributed by atoms with Crippen LogP contribution in [0.2, 0.25) is 0 Å². The number of anilines is 1. The Morgan fingerprint density at radius 3 is 2.61 bits per heavy atom. The number of hydrogen-bond acceptors (Lipinski definition) is 7. The van der Waals surface area contributed by atoms with E-state index in [2.05, 4.69) is 24.0 Å². The predicted molar refractivity (Wildman–Crippen MR) is 124 cm³/mol. The van der Waals surface area contributed by atoms with Crippen LogP contribution in [0.4, 0.5) is 5.13 Å². The van der Waals surface area contributed by atoms with Gasteiger partial charge in [0.25, 0.3) is 10.0 Å². The van der Waals surface area contributed by atoms with E-state index < -0.39 is 16.1 Å². The molecule has 164 valence electrons. The zero-order chi connectivity index (χ0) is 21.6. The van der Waals surface area contributed by atoms with Gasteiger partial charge in [-0.05, 0) is 42.8 Å². The van der Waals surface area contributed by atoms with Gasteiger partial charge in [0.15, 0.2) is 5.13 Å². The molecule has 0 unspecified atom stereocenters. The molecule has 0 N–H and O–H groups in total. The number of amides is 1. The number of thiophene rings is 1. The van der Waals surface area contributed by atoms with E-state index in [1.54, 1.807) is 28.8 Å². The van der Waals surface area contributed by atoms with Gasteiger partial charge in [-0.25, -0.2) is 13.4 Å². The molecule has 2 saturated heterocycles. The molecule has 4 heterocycles. The van der Waals surface area contributed by atoms with E-state index >= 15 is 0 Å². The van der Waals surface area contributed by atoms with Crippen LogP contribution in [0.3, 0.4) is 0 Å². The lowest BCUT2D eigenvalue weighted by molar-refractivity contribution is -0.134. The summed E-state index contributed by atoms with van der Waals surface area (Å²) in [6.07, 6.45) is 1.30. The Morgan fingerprint density at radius 1 is 1.10 bits per heavy atom. The molecule has 0 aliphatic carbocycles. The molecular formula is C21H24N4O3S3. The predicted octanol–water partition coefficient (Wildman–Crippen LogP) is 3.17. The second kappa shape index (κ2) is 8.16. The summed E-state index contributed by atoms with van der Waals surface area (Å²) < 4.78 is 28.9. The number of aromatic nitrogens is 1. The van der Waals surface area contributed by atoms with Gasteiger partial charge in [-0.3, -0.25) is 4.79 Å². The standard InChI is InChI=1S/C21H24N4O3S3/c1-15-5-2-7-17-19(15)22-21(30-17)24-12-10-23(11-13-24)20(26)16-6-3-9-25(16)31(27,28)18-8-4-14-29-18/h2,4-5,7-8,14,16H,3,6,9-13H2,1H3/t16-/m0/s1. The summed E-state index contributed by atoms with van der Waals surface area (Å²) in [5, 5.41) is 2.74. The first-order chi connectivity index (χ1) is 14.9. The Kier molecular flexibility index (Phi) is 5.49. The number of thiazole rings is 1. The summed E-state index contributed by atoms with van der Waals surface area (Å²) in [5.74, 6) is -0.0718. The number of aryl methyl sites for hydroxylation is 1. The number of fused-ring (bicyclic) bond motifs is 1. The third-order valence-electron chi connectivity index (χ3n) is 6.02. The lowest BCUT2D eigenvalue weighted by Crippen LogP contribution is -2.54. The van der Waals surface area contributed by atoms with E-state index in [0.717, 1.165) is 10.6 Å². The fourth-order valence-electron chi connectivity index (χ4n) is 4.34. The van der Waals surface area contributed by atoms with Crippen LogP contribution in [-0.4, -0.2) is 67.3 Å². The molecule has 2 aliphatic rings. The van der Waals surface area contributed by atoms with Crippen molar-refractivity contribution in [2.75, 3.05) is 37.6 Å². The largest absolute Gasteiger partial charge is 0.345 e. The summed E-state index contributed by atoms with van der Waals surface area (Å²) >= 11 is 2.88. The van der Waals surface area contributed by atoms with Crippen molar-refractivity contribution in [1.29, 1.82) is 0 Å². The molecule has 1 amide bonds. The van der Waals surface area contributed by atoms with Gasteiger partial charge in [0.1, 0.15) is 10.3 Å². The van der Waals surface area contributed by atoms with Gasteiger partial charge in [-0.1, -0.05) is 29.5 Å². The third kappa shape index (κ3) is 3.75. The molecule has 0 bridgehead atoms. The molecule has 31 heavy (non-hydrogen) atoms. The van der Waals surface area contributed by atoms with Gasteiger partial charge in [-0.15, -0.1) is 11.3 Å². The van der Waals surface area contributed by atoms with Gasteiger partial charge in [0.05, 0.1) is 10.2 Å². The first kappa shape index (κ1) is 20.9. The third-order valence-corrected chi connectivity index (χ3v) is 10.4. The van der Waals surface area contributed by atoms with Gasteiger partial charge in [0.2, 0.25) is 5.91 Å². The van der Waals surface area contributed by atoms with E-state index in [9.17, 15) is 13.2 Å². The summed E-state index contributed by atoms with van der Waals surface area (Å²) in [6.45, 7) is 5.04. The van der Waals surface area contributed by atoms with Crippen molar-refractivity contribution in [2.24, 2.45) is 0 Å². The molecule has 7 nitrogen and oxygen atoms in total. The number of piperazine rings is 1. The summed E-state index contributed by atoms with van der Waals surface area (Å²) in [5.41, 5.74) is 2.21. The molecule has 3 aromatic rings. The fraction of sp³-hybridized carbons (Fsp3) is 0.429. The Bertz CT molecular complexity index is 1200. The molecule has 5 rings (SSSR count). The average molecular weight is 477 g/mol. The minimum Gasteiger partial charge on any atom is -0.345 e. The molecule has 1 atom stereocenters. The Labute approximate surface area is 190 Å². The highest BCUT2D eigenvalue weighted by Gasteiger charge is 2.42. The maximum Gasteiger partial charge on any atom is 0.253 e. The molecule has 2 aromatic heterocycles. The zero-order valence-corrected chi connectivity index (χ0v) is 19.7. The van der Waals surface area contributed by atoms with E-state index in [1.807, 2.05) is 11.0 Å². The molecule has 0 radical (unpaired) electrons. The number of carbonyl (C=O) groups excluding carboxylic acids is 1. The lowest BCUT2D eigenvalue weighted by Gasteiger charge is -2.37. The van der Waals surface area contributed by atoms with Crippen molar-refractivity contribution in [1.82, 2.24) is 14.2 Å². The van der Waals surface area contributed by atoms with Gasteiger partial charge in [-0.2, -0.15) is 4.31 Å². The number of hydrogen-bond donors (Lipinski definition) is 0. The molecule has 2 aliphatic heterocycles. The lowest BCUT2D eigenvalue weighted by atomic mass is 10.2. The van der Waals surface area contributed by atoms with Gasteiger partial charge >= 0.3 is 0 Å². The Morgan fingerprint density at radius 2 is 1.90 bits per heavy atom. The van der Waals surface area contributed by atoms with Crippen LogP contribution in [0.15, 0.2) is 39.9 Å². The highest BCUT2D eigenvalue weighted by atomic mass is 32.2. The van der Waals surface area contributed by atoms with Crippen molar-refractivity contribution < 1.29 is 13.2 Å². The SMILES string of the molecule is Cc1cccc2sc(N3CCN(C(=O)[C@@H]4CCCN4S(=O)(=O)c4cccs4)CC3)nc12. The Hall–Kier alpha value is -2.01. The number of carbonyl (C=O) groups is 1. The monoisotopic (exact) mass is 476 g/mol. The smallest absolute Gasteiger partial charge is 0.253 e. The molecule has 1 aromatic carbocycles. The van der Waals surface area contributed by atoms with Crippen molar-refractivity contribution in [3.8, 4) is 0 Å². The molecular weight excluding hydrogens is 452 g/mol. The zero-order valence-electron chi connectivity index (χ0n) is 17.2. The van der Waals surface area contributed by atoms with Crippen molar-refractivity contribution >= 4 is 54.0 Å². The topological polar surface area (TPSA) is 73.8 Å². The maximum atomic E-state index is 13.2. The van der Waals surface area contributed by atoms with Crippen LogP contribution >= 0.6 is 22.7 Å². The Balaban J connectivity index is 1.28. The first-order valence-electron chi connectivity index (χ1n) is 10.4. The highest BCUT2D eigenvalue weighted by molar-refractivity contribution is 7.91. The second-order valence-corrected chi connectivity index (χ2v) is 12.0. The summed E-state index contributed by atoms with van der Waals surface area (Å²) in [6, 6.07) is 8.95. The number of sulfonamides is 1. The number of para-hydroxylation sites is 1. The second-order valence-electron chi connectivity index (χ2n) is 7.94. The van der Waals surface area contributed by atoms with Crippen molar-refractivity contribution in [2.45, 2.75) is 30.0 Å². The maximum absolute atomic E-state index is 13.2. The molecule has 10 heteroatoms. The van der Waals surface area contributed by atoms with Crippen LogP contribution in [-0.2, 0) is 14.8 Å². The van der Waals surface area contributed by atoms with Crippen LogP contribution in [0, 0.1) is 6.92 Å². The number of rotatable bonds is 4. The number of benzene rings is 1. The molecule has 2 fully saturated rings. The molecule has 0 spiro atoms. The fourth-order valence-corrected chi connectivity index (χ4v) is 8.20. The normalized spacial score (nSPS) is 20.6. The number of nitrogens with zero attached hydrogens (tertiary/aromatic N) is 4. The van der Waals surface area contributed by atoms with E-state index in [1.165, 1.54) is 25.9 Å².